The maximum absolute atomic E-state index is 13.3. The van der Waals surface area contributed by atoms with Crippen molar-refractivity contribution < 1.29 is 4.39 Å². The van der Waals surface area contributed by atoms with Gasteiger partial charge in [0.2, 0.25) is 0 Å². The lowest BCUT2D eigenvalue weighted by molar-refractivity contribution is 0.631. The van der Waals surface area contributed by atoms with E-state index in [9.17, 15) is 4.39 Å². The van der Waals surface area contributed by atoms with Crippen LogP contribution in [0.2, 0.25) is 5.02 Å². The number of halogens is 2. The number of hydrogen-bond acceptors (Lipinski definition) is 1. The molecule has 1 heterocycles. The molecule has 0 aliphatic rings. The lowest BCUT2D eigenvalue weighted by Gasteiger charge is -1.99. The molecule has 0 radical (unpaired) electrons. The van der Waals surface area contributed by atoms with Gasteiger partial charge in [0.05, 0.1) is 5.69 Å². The molecule has 0 atom stereocenters. The fourth-order valence-corrected chi connectivity index (χ4v) is 1.52. The highest BCUT2D eigenvalue weighted by atomic mass is 35.5. The SMILES string of the molecule is Fc1ccc(Cl)cc1-c1c[nH]c(=S)[nH]1. The zero-order valence-corrected chi connectivity index (χ0v) is 8.55. The van der Waals surface area contributed by atoms with Gasteiger partial charge in [0.1, 0.15) is 5.82 Å². The van der Waals surface area contributed by atoms with Crippen LogP contribution in [0, 0.1) is 10.6 Å². The van der Waals surface area contributed by atoms with E-state index in [0.29, 0.717) is 21.1 Å². The number of rotatable bonds is 1. The van der Waals surface area contributed by atoms with E-state index in [-0.39, 0.29) is 5.82 Å². The lowest BCUT2D eigenvalue weighted by Crippen LogP contribution is -1.83. The van der Waals surface area contributed by atoms with Crippen molar-refractivity contribution in [1.82, 2.24) is 9.97 Å². The minimum Gasteiger partial charge on any atom is -0.337 e. The fourth-order valence-electron chi connectivity index (χ4n) is 1.18. The first-order chi connectivity index (χ1) is 6.66. The molecule has 0 saturated carbocycles. The van der Waals surface area contributed by atoms with Gasteiger partial charge in [0.25, 0.3) is 0 Å². The van der Waals surface area contributed by atoms with E-state index < -0.39 is 0 Å². The molecule has 0 aliphatic carbocycles. The topological polar surface area (TPSA) is 31.6 Å². The van der Waals surface area contributed by atoms with Crippen LogP contribution in [0.15, 0.2) is 24.4 Å². The molecule has 0 bridgehead atoms. The normalized spacial score (nSPS) is 10.4. The predicted octanol–water partition coefficient (Wildman–Crippen LogP) is 3.53. The molecule has 5 heteroatoms. The van der Waals surface area contributed by atoms with E-state index >= 15 is 0 Å². The van der Waals surface area contributed by atoms with Crippen molar-refractivity contribution in [3.8, 4) is 11.3 Å². The standard InChI is InChI=1S/C9H6ClFN2S/c10-5-1-2-7(11)6(3-5)8-4-12-9(14)13-8/h1-4H,(H2,12,13,14). The van der Waals surface area contributed by atoms with Gasteiger partial charge in [-0.2, -0.15) is 0 Å². The average molecular weight is 229 g/mol. The molecule has 0 saturated heterocycles. The first-order valence-corrected chi connectivity index (χ1v) is 4.68. The largest absolute Gasteiger partial charge is 0.337 e. The van der Waals surface area contributed by atoms with Crippen LogP contribution >= 0.6 is 23.8 Å². The Bertz CT molecular complexity index is 518. The summed E-state index contributed by atoms with van der Waals surface area (Å²) in [5.74, 6) is -0.334. The molecule has 2 aromatic rings. The van der Waals surface area contributed by atoms with Gasteiger partial charge < -0.3 is 9.97 Å². The average Bonchev–Trinajstić information content (AvgIpc) is 2.56. The minimum absolute atomic E-state index is 0.334. The van der Waals surface area contributed by atoms with Crippen LogP contribution in [0.1, 0.15) is 0 Å². The molecule has 72 valence electrons. The zero-order valence-electron chi connectivity index (χ0n) is 6.97. The van der Waals surface area contributed by atoms with Gasteiger partial charge in [0, 0.05) is 16.8 Å². The Morgan fingerprint density at radius 1 is 1.36 bits per heavy atom. The number of aromatic nitrogens is 2. The second kappa shape index (κ2) is 3.55. The van der Waals surface area contributed by atoms with Gasteiger partial charge in [-0.25, -0.2) is 4.39 Å². The maximum Gasteiger partial charge on any atom is 0.174 e. The van der Waals surface area contributed by atoms with E-state index in [4.69, 9.17) is 23.8 Å². The molecule has 2 rings (SSSR count). The van der Waals surface area contributed by atoms with Crippen molar-refractivity contribution in [1.29, 1.82) is 0 Å². The Balaban J connectivity index is 2.61. The Morgan fingerprint density at radius 2 is 2.14 bits per heavy atom. The smallest absolute Gasteiger partial charge is 0.174 e. The number of aromatic amines is 2. The number of hydrogen-bond donors (Lipinski definition) is 2. The van der Waals surface area contributed by atoms with E-state index in [2.05, 4.69) is 9.97 Å². The second-order valence-electron chi connectivity index (χ2n) is 2.78. The number of nitrogens with one attached hydrogen (secondary N) is 2. The van der Waals surface area contributed by atoms with E-state index in [1.54, 1.807) is 12.3 Å². The van der Waals surface area contributed by atoms with E-state index in [0.717, 1.165) is 0 Å². The van der Waals surface area contributed by atoms with Crippen molar-refractivity contribution >= 4 is 23.8 Å². The summed E-state index contributed by atoms with van der Waals surface area (Å²) in [7, 11) is 0. The summed E-state index contributed by atoms with van der Waals surface area (Å²) < 4.78 is 13.8. The number of imidazole rings is 1. The Kier molecular flexibility index (Phi) is 2.39. The zero-order chi connectivity index (χ0) is 10.1. The molecule has 0 fully saturated rings. The quantitative estimate of drug-likeness (QED) is 0.719. The van der Waals surface area contributed by atoms with Crippen LogP contribution in [0.4, 0.5) is 4.39 Å². The monoisotopic (exact) mass is 228 g/mol. The van der Waals surface area contributed by atoms with Crippen molar-refractivity contribution in [3.63, 3.8) is 0 Å². The molecule has 0 aliphatic heterocycles. The highest BCUT2D eigenvalue weighted by Gasteiger charge is 2.06. The molecule has 0 amide bonds. The summed E-state index contributed by atoms with van der Waals surface area (Å²) in [6, 6.07) is 4.37. The van der Waals surface area contributed by atoms with Crippen LogP contribution in [0.3, 0.4) is 0 Å². The fraction of sp³-hybridized carbons (Fsp3) is 0. The van der Waals surface area contributed by atoms with Crippen molar-refractivity contribution in [2.24, 2.45) is 0 Å². The molecule has 2 nitrogen and oxygen atoms in total. The van der Waals surface area contributed by atoms with Crippen molar-refractivity contribution in [3.05, 3.63) is 40.0 Å². The van der Waals surface area contributed by atoms with Crippen molar-refractivity contribution in [2.75, 3.05) is 0 Å². The third kappa shape index (κ3) is 1.71. The molecule has 1 aromatic carbocycles. The molecule has 2 N–H and O–H groups in total. The lowest BCUT2D eigenvalue weighted by atomic mass is 10.1. The first kappa shape index (κ1) is 9.43. The highest BCUT2D eigenvalue weighted by molar-refractivity contribution is 7.71. The molecular weight excluding hydrogens is 223 g/mol. The summed E-state index contributed by atoms with van der Waals surface area (Å²) >= 11 is 10.6. The van der Waals surface area contributed by atoms with Gasteiger partial charge in [-0.3, -0.25) is 0 Å². The number of H-pyrrole nitrogens is 2. The second-order valence-corrected chi connectivity index (χ2v) is 3.63. The summed E-state index contributed by atoms with van der Waals surface area (Å²) in [6.07, 6.45) is 1.61. The Hall–Kier alpha value is -1.13. The molecule has 0 unspecified atom stereocenters. The maximum atomic E-state index is 13.3. The van der Waals surface area contributed by atoms with E-state index in [1.807, 2.05) is 0 Å². The molecular formula is C9H6ClFN2S. The summed E-state index contributed by atoms with van der Waals surface area (Å²) in [4.78, 5) is 5.58. The third-order valence-electron chi connectivity index (χ3n) is 1.81. The van der Waals surface area contributed by atoms with Crippen LogP contribution < -0.4 is 0 Å². The molecule has 0 spiro atoms. The summed E-state index contributed by atoms with van der Waals surface area (Å²) in [6.45, 7) is 0. The molecule has 1 aromatic heterocycles. The van der Waals surface area contributed by atoms with Crippen LogP contribution in [-0.4, -0.2) is 9.97 Å². The minimum atomic E-state index is -0.334. The van der Waals surface area contributed by atoms with Gasteiger partial charge in [-0.1, -0.05) is 11.6 Å². The Morgan fingerprint density at radius 3 is 2.79 bits per heavy atom. The summed E-state index contributed by atoms with van der Waals surface area (Å²) in [5, 5.41) is 0.488. The van der Waals surface area contributed by atoms with Crippen LogP contribution in [0.25, 0.3) is 11.3 Å². The van der Waals surface area contributed by atoms with Crippen LogP contribution in [0.5, 0.6) is 0 Å². The predicted molar refractivity (Wildman–Crippen MR) is 56.4 cm³/mol. The molecule has 14 heavy (non-hydrogen) atoms. The summed E-state index contributed by atoms with van der Waals surface area (Å²) in [5.41, 5.74) is 1.000. The van der Waals surface area contributed by atoms with Gasteiger partial charge in [-0.05, 0) is 30.4 Å². The van der Waals surface area contributed by atoms with Gasteiger partial charge in [0.15, 0.2) is 4.77 Å². The first-order valence-electron chi connectivity index (χ1n) is 3.90. The number of benzene rings is 1. The highest BCUT2D eigenvalue weighted by Crippen LogP contribution is 2.23. The van der Waals surface area contributed by atoms with E-state index in [1.165, 1.54) is 12.1 Å². The third-order valence-corrected chi connectivity index (χ3v) is 2.27. The Labute approximate surface area is 89.7 Å². The van der Waals surface area contributed by atoms with Gasteiger partial charge >= 0.3 is 0 Å². The van der Waals surface area contributed by atoms with Gasteiger partial charge in [-0.15, -0.1) is 0 Å². The van der Waals surface area contributed by atoms with Crippen LogP contribution in [-0.2, 0) is 0 Å². The van der Waals surface area contributed by atoms with Crippen molar-refractivity contribution in [2.45, 2.75) is 0 Å².